The molecule has 4 saturated carbocycles. The van der Waals surface area contributed by atoms with E-state index >= 15 is 0 Å². The lowest BCUT2D eigenvalue weighted by Gasteiger charge is -2.57. The Morgan fingerprint density at radius 3 is 2.74 bits per heavy atom. The van der Waals surface area contributed by atoms with Gasteiger partial charge in [0, 0.05) is 11.8 Å². The molecule has 1 heterocycles. The van der Waals surface area contributed by atoms with Crippen LogP contribution in [-0.4, -0.2) is 38.8 Å². The first-order valence-corrected chi connectivity index (χ1v) is 13.4. The van der Waals surface area contributed by atoms with Crippen molar-refractivity contribution in [2.75, 3.05) is 6.61 Å². The third kappa shape index (κ3) is 3.42. The van der Waals surface area contributed by atoms with Gasteiger partial charge in [0.2, 0.25) is 0 Å². The van der Waals surface area contributed by atoms with Crippen molar-refractivity contribution in [2.24, 2.45) is 40.9 Å². The molecule has 184 valence electrons. The summed E-state index contributed by atoms with van der Waals surface area (Å²) in [6.45, 7) is 6.69. The molecule has 1 N–H and O–H groups in total. The van der Waals surface area contributed by atoms with E-state index < -0.39 is 11.6 Å². The van der Waals surface area contributed by atoms with E-state index in [2.05, 4.69) is 12.0 Å². The van der Waals surface area contributed by atoms with E-state index in [1.807, 2.05) is 6.92 Å². The van der Waals surface area contributed by atoms with Gasteiger partial charge in [-0.3, -0.25) is 9.48 Å². The Hall–Kier alpha value is -1.95. The predicted molar refractivity (Wildman–Crippen MR) is 127 cm³/mol. The number of Topliss-reactive ketones (excluding diaryl/α,β-unsaturated/α-hetero) is 1. The highest BCUT2D eigenvalue weighted by molar-refractivity contribution is 5.99. The lowest BCUT2D eigenvalue weighted by molar-refractivity contribution is -0.120. The van der Waals surface area contributed by atoms with Crippen LogP contribution in [0.2, 0.25) is 0 Å². The van der Waals surface area contributed by atoms with Crippen LogP contribution in [0.25, 0.3) is 0 Å². The van der Waals surface area contributed by atoms with Crippen LogP contribution in [0.1, 0.15) is 82.5 Å². The number of carbonyl (C=O) groups excluding carboxylic acids is 2. The monoisotopic (exact) mass is 466 g/mol. The third-order valence-corrected chi connectivity index (χ3v) is 10.3. The lowest BCUT2D eigenvalue weighted by atomic mass is 9.48. The SMILES string of the molecule is CCOC(=O)c1cnn(CC(=O)C2=C3C[C@H]3[C@H]3[C@@H]4CC[C@@H]5C[C@](C)(O)CC[C@@H]5[C@H]4CC[C@]23C)c1. The zero-order valence-electron chi connectivity index (χ0n) is 20.8. The summed E-state index contributed by atoms with van der Waals surface area (Å²) in [6.07, 6.45) is 12.1. The molecule has 0 bridgehead atoms. The molecule has 1 aromatic rings. The van der Waals surface area contributed by atoms with E-state index in [1.165, 1.54) is 37.5 Å². The summed E-state index contributed by atoms with van der Waals surface area (Å²) in [4.78, 5) is 25.6. The van der Waals surface area contributed by atoms with Crippen LogP contribution < -0.4 is 0 Å². The predicted octanol–water partition coefficient (Wildman–Crippen LogP) is 4.57. The molecular weight excluding hydrogens is 428 g/mol. The highest BCUT2D eigenvalue weighted by Gasteiger charge is 2.65. The standard InChI is InChI=1S/C28H38N2O4/c1-4-34-26(32)17-13-29-30(14-17)15-23(31)25-22-11-21(22)24-20-6-5-16-12-27(2,33)9-7-18(16)19(20)8-10-28(24,25)3/h13-14,16,18-21,24,33H,4-12,15H2,1-3H3/t16-,18+,19-,20-,21-,24-,27-,28+/m1/s1. The van der Waals surface area contributed by atoms with Crippen LogP contribution >= 0.6 is 0 Å². The third-order valence-electron chi connectivity index (χ3n) is 10.3. The zero-order chi connectivity index (χ0) is 23.8. The molecule has 4 fully saturated rings. The zero-order valence-corrected chi connectivity index (χ0v) is 20.8. The van der Waals surface area contributed by atoms with Crippen LogP contribution in [-0.2, 0) is 16.1 Å². The van der Waals surface area contributed by atoms with Crippen LogP contribution in [0.15, 0.2) is 23.5 Å². The second-order valence-electron chi connectivity index (χ2n) is 12.3. The summed E-state index contributed by atoms with van der Waals surface area (Å²) in [7, 11) is 0. The van der Waals surface area contributed by atoms with Gasteiger partial charge in [-0.15, -0.1) is 0 Å². The molecule has 0 spiro atoms. The van der Waals surface area contributed by atoms with Gasteiger partial charge < -0.3 is 9.84 Å². The van der Waals surface area contributed by atoms with E-state index in [1.54, 1.807) is 17.8 Å². The number of aliphatic hydroxyl groups is 1. The topological polar surface area (TPSA) is 81.4 Å². The molecule has 0 aliphatic heterocycles. The van der Waals surface area contributed by atoms with E-state index in [9.17, 15) is 14.7 Å². The van der Waals surface area contributed by atoms with Crippen LogP contribution in [0.3, 0.4) is 0 Å². The number of ether oxygens (including phenoxy) is 1. The van der Waals surface area contributed by atoms with Crippen molar-refractivity contribution in [1.29, 1.82) is 0 Å². The van der Waals surface area contributed by atoms with Gasteiger partial charge in [0.15, 0.2) is 5.78 Å². The Balaban J connectivity index is 1.19. The molecule has 6 heteroatoms. The van der Waals surface area contributed by atoms with Gasteiger partial charge in [0.05, 0.1) is 24.0 Å². The maximum atomic E-state index is 13.6. The molecule has 0 aromatic carbocycles. The molecule has 34 heavy (non-hydrogen) atoms. The minimum absolute atomic E-state index is 0.0133. The molecule has 0 saturated heterocycles. The lowest BCUT2D eigenvalue weighted by Crippen LogP contribution is -2.51. The number of nitrogens with zero attached hydrogens (tertiary/aromatic N) is 2. The first-order valence-electron chi connectivity index (χ1n) is 13.4. The van der Waals surface area contributed by atoms with E-state index in [0.29, 0.717) is 29.9 Å². The molecule has 0 amide bonds. The maximum Gasteiger partial charge on any atom is 0.341 e. The summed E-state index contributed by atoms with van der Waals surface area (Å²) < 4.78 is 6.65. The van der Waals surface area contributed by atoms with Gasteiger partial charge in [0.1, 0.15) is 6.54 Å². The number of fused-ring (bicyclic) bond motifs is 7. The average molecular weight is 467 g/mol. The average Bonchev–Trinajstić information content (AvgIpc) is 3.27. The number of ketones is 1. The number of carbonyl (C=O) groups is 2. The number of rotatable bonds is 5. The Bertz CT molecular complexity index is 1050. The molecule has 8 atom stereocenters. The summed E-state index contributed by atoms with van der Waals surface area (Å²) in [5.41, 5.74) is 2.43. The number of allylic oxidation sites excluding steroid dienone is 2. The van der Waals surface area contributed by atoms with Crippen LogP contribution in [0, 0.1) is 40.9 Å². The number of hydrogen-bond donors (Lipinski definition) is 1. The molecule has 5 aliphatic rings. The van der Waals surface area contributed by atoms with Gasteiger partial charge in [-0.25, -0.2) is 4.79 Å². The van der Waals surface area contributed by atoms with Gasteiger partial charge in [-0.1, -0.05) is 12.5 Å². The van der Waals surface area contributed by atoms with Crippen molar-refractivity contribution in [3.63, 3.8) is 0 Å². The van der Waals surface area contributed by atoms with Crippen molar-refractivity contribution in [2.45, 2.75) is 84.3 Å². The Labute approximate surface area is 202 Å². The quantitative estimate of drug-likeness (QED) is 0.643. The second kappa shape index (κ2) is 7.78. The maximum absolute atomic E-state index is 13.6. The highest BCUT2D eigenvalue weighted by atomic mass is 16.5. The number of aromatic nitrogens is 2. The fourth-order valence-electron chi connectivity index (χ4n) is 9.03. The fraction of sp³-hybridized carbons (Fsp3) is 0.750. The molecule has 0 radical (unpaired) electrons. The first-order chi connectivity index (χ1) is 16.2. The van der Waals surface area contributed by atoms with Crippen molar-refractivity contribution < 1.29 is 19.4 Å². The van der Waals surface area contributed by atoms with Crippen LogP contribution in [0.5, 0.6) is 0 Å². The van der Waals surface area contributed by atoms with Gasteiger partial charge in [0.25, 0.3) is 0 Å². The Morgan fingerprint density at radius 2 is 1.94 bits per heavy atom. The molecule has 1 aromatic heterocycles. The van der Waals surface area contributed by atoms with Gasteiger partial charge in [-0.05, 0) is 106 Å². The fourth-order valence-corrected chi connectivity index (χ4v) is 9.03. The van der Waals surface area contributed by atoms with E-state index in [-0.39, 0.29) is 17.7 Å². The highest BCUT2D eigenvalue weighted by Crippen LogP contribution is 2.72. The summed E-state index contributed by atoms with van der Waals surface area (Å²) in [5, 5.41) is 14.9. The Kier molecular flexibility index (Phi) is 5.15. The number of esters is 1. The van der Waals surface area contributed by atoms with Crippen LogP contribution in [0.4, 0.5) is 0 Å². The molecule has 5 aliphatic carbocycles. The van der Waals surface area contributed by atoms with Crippen molar-refractivity contribution in [3.05, 3.63) is 29.1 Å². The van der Waals surface area contributed by atoms with E-state index in [0.717, 1.165) is 49.0 Å². The molecular formula is C28H38N2O4. The molecule has 6 nitrogen and oxygen atoms in total. The minimum Gasteiger partial charge on any atom is -0.462 e. The summed E-state index contributed by atoms with van der Waals surface area (Å²) >= 11 is 0. The minimum atomic E-state index is -0.477. The normalized spacial score (nSPS) is 42.4. The molecule has 6 rings (SSSR count). The van der Waals surface area contributed by atoms with Crippen molar-refractivity contribution >= 4 is 11.8 Å². The van der Waals surface area contributed by atoms with Gasteiger partial charge >= 0.3 is 5.97 Å². The summed E-state index contributed by atoms with van der Waals surface area (Å²) in [6, 6.07) is 0. The second-order valence-corrected chi connectivity index (χ2v) is 12.3. The molecule has 0 unspecified atom stereocenters. The number of hydrogen-bond acceptors (Lipinski definition) is 5. The smallest absolute Gasteiger partial charge is 0.341 e. The van der Waals surface area contributed by atoms with Crippen molar-refractivity contribution in [1.82, 2.24) is 9.78 Å². The van der Waals surface area contributed by atoms with Gasteiger partial charge in [-0.2, -0.15) is 5.10 Å². The summed E-state index contributed by atoms with van der Waals surface area (Å²) in [5.74, 6) is 3.92. The largest absolute Gasteiger partial charge is 0.462 e. The van der Waals surface area contributed by atoms with Crippen molar-refractivity contribution in [3.8, 4) is 0 Å². The van der Waals surface area contributed by atoms with E-state index in [4.69, 9.17) is 4.74 Å². The first kappa shape index (κ1) is 22.5. The Morgan fingerprint density at radius 1 is 1.15 bits per heavy atom.